The first-order valence-corrected chi connectivity index (χ1v) is 6.56. The largest absolute Gasteiger partial charge is 0.496 e. The molecule has 0 amide bonds. The Balaban J connectivity index is 2.27. The smallest absolute Gasteiger partial charge is 0.123 e. The molecule has 0 saturated heterocycles. The SMILES string of the molecule is COc1ccc(Br)cc1Cn1ccnc1CCN. The van der Waals surface area contributed by atoms with E-state index in [1.807, 2.05) is 18.3 Å². The molecule has 0 atom stereocenters. The van der Waals surface area contributed by atoms with Crippen molar-refractivity contribution in [3.63, 3.8) is 0 Å². The predicted molar refractivity (Wildman–Crippen MR) is 74.8 cm³/mol. The van der Waals surface area contributed by atoms with Gasteiger partial charge in [0.25, 0.3) is 0 Å². The van der Waals surface area contributed by atoms with Crippen LogP contribution < -0.4 is 10.5 Å². The number of aromatic nitrogens is 2. The molecule has 0 bridgehead atoms. The fourth-order valence-corrected chi connectivity index (χ4v) is 2.30. The molecular formula is C13H16BrN3O. The highest BCUT2D eigenvalue weighted by atomic mass is 79.9. The minimum atomic E-state index is 0.604. The van der Waals surface area contributed by atoms with Gasteiger partial charge in [-0.25, -0.2) is 4.98 Å². The summed E-state index contributed by atoms with van der Waals surface area (Å²) in [7, 11) is 1.68. The van der Waals surface area contributed by atoms with Crippen LogP contribution in [0.1, 0.15) is 11.4 Å². The molecule has 2 N–H and O–H groups in total. The second-order valence-electron chi connectivity index (χ2n) is 3.97. The van der Waals surface area contributed by atoms with E-state index in [1.54, 1.807) is 13.3 Å². The Morgan fingerprint density at radius 1 is 1.44 bits per heavy atom. The van der Waals surface area contributed by atoms with Crippen LogP contribution in [0.3, 0.4) is 0 Å². The number of hydrogen-bond donors (Lipinski definition) is 1. The number of benzene rings is 1. The fourth-order valence-electron chi connectivity index (χ4n) is 1.90. The van der Waals surface area contributed by atoms with E-state index in [9.17, 15) is 0 Å². The third-order valence-corrected chi connectivity index (χ3v) is 3.25. The van der Waals surface area contributed by atoms with E-state index in [4.69, 9.17) is 10.5 Å². The van der Waals surface area contributed by atoms with E-state index >= 15 is 0 Å². The van der Waals surface area contributed by atoms with Crippen LogP contribution in [0.2, 0.25) is 0 Å². The molecule has 0 saturated carbocycles. The van der Waals surface area contributed by atoms with Gasteiger partial charge in [0.2, 0.25) is 0 Å². The summed E-state index contributed by atoms with van der Waals surface area (Å²) in [4.78, 5) is 4.31. The molecule has 2 rings (SSSR count). The molecule has 0 fully saturated rings. The Bertz CT molecular complexity index is 525. The summed E-state index contributed by atoms with van der Waals surface area (Å²) in [5.74, 6) is 1.88. The Morgan fingerprint density at radius 3 is 3.00 bits per heavy atom. The zero-order valence-electron chi connectivity index (χ0n) is 10.3. The van der Waals surface area contributed by atoms with E-state index < -0.39 is 0 Å². The van der Waals surface area contributed by atoms with Gasteiger partial charge in [0.05, 0.1) is 13.7 Å². The Labute approximate surface area is 115 Å². The molecule has 0 radical (unpaired) electrons. The molecule has 0 aliphatic carbocycles. The lowest BCUT2D eigenvalue weighted by Gasteiger charge is -2.11. The van der Waals surface area contributed by atoms with Crippen LogP contribution in [0.5, 0.6) is 5.75 Å². The maximum absolute atomic E-state index is 5.58. The molecule has 0 aliphatic rings. The van der Waals surface area contributed by atoms with Crippen molar-refractivity contribution in [2.45, 2.75) is 13.0 Å². The minimum absolute atomic E-state index is 0.604. The molecule has 1 heterocycles. The minimum Gasteiger partial charge on any atom is -0.496 e. The van der Waals surface area contributed by atoms with Crippen LogP contribution in [-0.2, 0) is 13.0 Å². The van der Waals surface area contributed by atoms with Crippen LogP contribution in [-0.4, -0.2) is 23.2 Å². The van der Waals surface area contributed by atoms with E-state index in [1.165, 1.54) is 0 Å². The van der Waals surface area contributed by atoms with E-state index in [0.29, 0.717) is 6.54 Å². The topological polar surface area (TPSA) is 53.1 Å². The summed E-state index contributed by atoms with van der Waals surface area (Å²) in [6, 6.07) is 5.99. The van der Waals surface area contributed by atoms with Gasteiger partial charge in [-0.15, -0.1) is 0 Å². The summed E-state index contributed by atoms with van der Waals surface area (Å²) in [6.07, 6.45) is 4.55. The monoisotopic (exact) mass is 309 g/mol. The second-order valence-corrected chi connectivity index (χ2v) is 4.88. The lowest BCUT2D eigenvalue weighted by atomic mass is 10.2. The summed E-state index contributed by atoms with van der Waals surface area (Å²) in [5.41, 5.74) is 6.69. The van der Waals surface area contributed by atoms with Crippen molar-refractivity contribution in [1.82, 2.24) is 9.55 Å². The van der Waals surface area contributed by atoms with Crippen LogP contribution in [0, 0.1) is 0 Å². The van der Waals surface area contributed by atoms with Crippen molar-refractivity contribution in [3.8, 4) is 5.75 Å². The quantitative estimate of drug-likeness (QED) is 0.921. The van der Waals surface area contributed by atoms with Gasteiger partial charge in [-0.3, -0.25) is 0 Å². The summed E-state index contributed by atoms with van der Waals surface area (Å²) < 4.78 is 8.50. The van der Waals surface area contributed by atoms with Gasteiger partial charge in [0.15, 0.2) is 0 Å². The maximum Gasteiger partial charge on any atom is 0.123 e. The summed E-state index contributed by atoms with van der Waals surface area (Å²) >= 11 is 3.48. The number of rotatable bonds is 5. The lowest BCUT2D eigenvalue weighted by Crippen LogP contribution is -2.11. The van der Waals surface area contributed by atoms with Crippen molar-refractivity contribution in [3.05, 3.63) is 46.5 Å². The van der Waals surface area contributed by atoms with Crippen molar-refractivity contribution < 1.29 is 4.74 Å². The first-order chi connectivity index (χ1) is 8.74. The molecular weight excluding hydrogens is 294 g/mol. The third kappa shape index (κ3) is 2.91. The van der Waals surface area contributed by atoms with Gasteiger partial charge >= 0.3 is 0 Å². The first-order valence-electron chi connectivity index (χ1n) is 5.77. The highest BCUT2D eigenvalue weighted by molar-refractivity contribution is 9.10. The number of nitrogens with two attached hydrogens (primary N) is 1. The molecule has 1 aromatic heterocycles. The van der Waals surface area contributed by atoms with Crippen LogP contribution in [0.4, 0.5) is 0 Å². The Morgan fingerprint density at radius 2 is 2.28 bits per heavy atom. The highest BCUT2D eigenvalue weighted by Crippen LogP contribution is 2.24. The molecule has 1 aromatic carbocycles. The molecule has 4 nitrogen and oxygen atoms in total. The molecule has 5 heteroatoms. The van der Waals surface area contributed by atoms with Gasteiger partial charge in [-0.1, -0.05) is 15.9 Å². The zero-order valence-corrected chi connectivity index (χ0v) is 11.9. The Kier molecular flexibility index (Phi) is 4.38. The van der Waals surface area contributed by atoms with Crippen molar-refractivity contribution >= 4 is 15.9 Å². The van der Waals surface area contributed by atoms with Gasteiger partial charge in [-0.2, -0.15) is 0 Å². The van der Waals surface area contributed by atoms with Crippen molar-refractivity contribution in [2.24, 2.45) is 5.73 Å². The molecule has 0 aliphatic heterocycles. The van der Waals surface area contributed by atoms with Gasteiger partial charge in [-0.05, 0) is 24.7 Å². The van der Waals surface area contributed by atoms with Crippen LogP contribution in [0.25, 0.3) is 0 Å². The molecule has 0 unspecified atom stereocenters. The number of halogens is 1. The molecule has 18 heavy (non-hydrogen) atoms. The summed E-state index contributed by atoms with van der Waals surface area (Å²) in [6.45, 7) is 1.34. The highest BCUT2D eigenvalue weighted by Gasteiger charge is 2.07. The average Bonchev–Trinajstić information content (AvgIpc) is 2.78. The second kappa shape index (κ2) is 6.02. The Hall–Kier alpha value is -1.33. The molecule has 0 spiro atoms. The van der Waals surface area contributed by atoms with Crippen LogP contribution in [0.15, 0.2) is 35.1 Å². The van der Waals surface area contributed by atoms with E-state index in [-0.39, 0.29) is 0 Å². The van der Waals surface area contributed by atoms with E-state index in [2.05, 4.69) is 31.5 Å². The fraction of sp³-hybridized carbons (Fsp3) is 0.308. The maximum atomic E-state index is 5.58. The van der Waals surface area contributed by atoms with Gasteiger partial charge in [0.1, 0.15) is 11.6 Å². The molecule has 96 valence electrons. The van der Waals surface area contributed by atoms with Crippen LogP contribution >= 0.6 is 15.9 Å². The number of nitrogens with zero attached hydrogens (tertiary/aromatic N) is 2. The summed E-state index contributed by atoms with van der Waals surface area (Å²) in [5, 5.41) is 0. The number of imidazole rings is 1. The third-order valence-electron chi connectivity index (χ3n) is 2.75. The first kappa shape index (κ1) is 13.1. The number of methoxy groups -OCH3 is 1. The number of ether oxygens (including phenoxy) is 1. The van der Waals surface area contributed by atoms with Gasteiger partial charge < -0.3 is 15.0 Å². The molecule has 2 aromatic rings. The normalized spacial score (nSPS) is 10.6. The van der Waals surface area contributed by atoms with Crippen molar-refractivity contribution in [1.29, 1.82) is 0 Å². The standard InChI is InChI=1S/C13H16BrN3O/c1-18-12-3-2-11(14)8-10(12)9-17-7-6-16-13(17)4-5-15/h2-3,6-8H,4-5,9,15H2,1H3. The zero-order chi connectivity index (χ0) is 13.0. The predicted octanol–water partition coefficient (Wildman–Crippen LogP) is 2.20. The van der Waals surface area contributed by atoms with Crippen molar-refractivity contribution in [2.75, 3.05) is 13.7 Å². The average molecular weight is 310 g/mol. The van der Waals surface area contributed by atoms with Gasteiger partial charge in [0, 0.05) is 28.9 Å². The number of hydrogen-bond acceptors (Lipinski definition) is 3. The lowest BCUT2D eigenvalue weighted by molar-refractivity contribution is 0.408. The van der Waals surface area contributed by atoms with E-state index in [0.717, 1.165) is 34.6 Å².